The Hall–Kier alpha value is -1.88. The van der Waals surface area contributed by atoms with Gasteiger partial charge in [0.25, 0.3) is 0 Å². The van der Waals surface area contributed by atoms with Crippen molar-refractivity contribution in [3.63, 3.8) is 0 Å². The smallest absolute Gasteiger partial charge is 0.237 e. The highest BCUT2D eigenvalue weighted by Crippen LogP contribution is 2.20. The van der Waals surface area contributed by atoms with Crippen LogP contribution >= 0.6 is 0 Å². The molecule has 0 unspecified atom stereocenters. The van der Waals surface area contributed by atoms with E-state index < -0.39 is 0 Å². The van der Waals surface area contributed by atoms with Crippen molar-refractivity contribution in [2.24, 2.45) is 11.7 Å². The lowest BCUT2D eigenvalue weighted by molar-refractivity contribution is -0.127. The molecule has 1 aliphatic heterocycles. The van der Waals surface area contributed by atoms with Crippen molar-refractivity contribution in [1.82, 2.24) is 10.2 Å². The van der Waals surface area contributed by atoms with Crippen LogP contribution in [0.2, 0.25) is 0 Å². The number of carbonyl (C=O) groups is 2. The van der Waals surface area contributed by atoms with Crippen LogP contribution in [0.5, 0.6) is 0 Å². The first-order valence-electron chi connectivity index (χ1n) is 8.89. The number of nitrogens with one attached hydrogen (secondary N) is 1. The molecule has 0 bridgehead atoms. The second kappa shape index (κ2) is 8.83. The molecule has 0 spiro atoms. The average molecular weight is 331 g/mol. The van der Waals surface area contributed by atoms with Gasteiger partial charge in [-0.15, -0.1) is 0 Å². The molecule has 0 radical (unpaired) electrons. The summed E-state index contributed by atoms with van der Waals surface area (Å²) in [7, 11) is 0. The van der Waals surface area contributed by atoms with E-state index in [0.29, 0.717) is 12.5 Å². The molecule has 2 rings (SSSR count). The number of benzene rings is 1. The SMILES string of the molecule is CC[C@@H](CNC(=O)[C@@H](C)N1CCC(C(N)=O)CC1)c1ccccc1. The van der Waals surface area contributed by atoms with E-state index in [1.807, 2.05) is 25.1 Å². The van der Waals surface area contributed by atoms with Gasteiger partial charge in [-0.2, -0.15) is 0 Å². The van der Waals surface area contributed by atoms with Gasteiger partial charge in [0.2, 0.25) is 11.8 Å². The van der Waals surface area contributed by atoms with Crippen LogP contribution in [0, 0.1) is 5.92 Å². The predicted octanol–water partition coefficient (Wildman–Crippen LogP) is 1.88. The van der Waals surface area contributed by atoms with Crippen LogP contribution in [-0.4, -0.2) is 42.4 Å². The van der Waals surface area contributed by atoms with Gasteiger partial charge < -0.3 is 11.1 Å². The molecule has 3 N–H and O–H groups in total. The van der Waals surface area contributed by atoms with Gasteiger partial charge in [0.05, 0.1) is 6.04 Å². The number of likely N-dealkylation sites (tertiary alicyclic amines) is 1. The van der Waals surface area contributed by atoms with Crippen molar-refractivity contribution in [2.45, 2.75) is 45.1 Å². The highest BCUT2D eigenvalue weighted by atomic mass is 16.2. The minimum Gasteiger partial charge on any atom is -0.369 e. The first-order chi connectivity index (χ1) is 11.5. The zero-order chi connectivity index (χ0) is 17.5. The molecule has 1 saturated heterocycles. The van der Waals surface area contributed by atoms with Crippen molar-refractivity contribution >= 4 is 11.8 Å². The maximum Gasteiger partial charge on any atom is 0.237 e. The maximum absolute atomic E-state index is 12.5. The molecule has 1 aromatic rings. The van der Waals surface area contributed by atoms with Crippen molar-refractivity contribution in [1.29, 1.82) is 0 Å². The second-order valence-electron chi connectivity index (χ2n) is 6.65. The summed E-state index contributed by atoms with van der Waals surface area (Å²) in [6.07, 6.45) is 2.48. The third-order valence-electron chi connectivity index (χ3n) is 5.15. The lowest BCUT2D eigenvalue weighted by Crippen LogP contribution is -2.49. The molecule has 5 nitrogen and oxygen atoms in total. The van der Waals surface area contributed by atoms with E-state index in [9.17, 15) is 9.59 Å². The maximum atomic E-state index is 12.5. The summed E-state index contributed by atoms with van der Waals surface area (Å²) < 4.78 is 0. The summed E-state index contributed by atoms with van der Waals surface area (Å²) in [4.78, 5) is 25.8. The van der Waals surface area contributed by atoms with E-state index in [0.717, 1.165) is 32.4 Å². The number of hydrogen-bond acceptors (Lipinski definition) is 3. The molecular weight excluding hydrogens is 302 g/mol. The minimum atomic E-state index is -0.222. The number of amides is 2. The van der Waals surface area contributed by atoms with Gasteiger partial charge in [0.1, 0.15) is 0 Å². The van der Waals surface area contributed by atoms with Gasteiger partial charge in [0, 0.05) is 18.4 Å². The zero-order valence-corrected chi connectivity index (χ0v) is 14.7. The summed E-state index contributed by atoms with van der Waals surface area (Å²) in [6, 6.07) is 10.1. The fourth-order valence-corrected chi connectivity index (χ4v) is 3.33. The molecule has 24 heavy (non-hydrogen) atoms. The Morgan fingerprint density at radius 2 is 1.88 bits per heavy atom. The fraction of sp³-hybridized carbons (Fsp3) is 0.579. The van der Waals surface area contributed by atoms with E-state index in [1.54, 1.807) is 0 Å². The van der Waals surface area contributed by atoms with Gasteiger partial charge in [0.15, 0.2) is 0 Å². The molecule has 5 heteroatoms. The summed E-state index contributed by atoms with van der Waals surface area (Å²) in [5.41, 5.74) is 6.62. The highest BCUT2D eigenvalue weighted by Gasteiger charge is 2.28. The van der Waals surface area contributed by atoms with E-state index in [1.165, 1.54) is 5.56 Å². The average Bonchev–Trinajstić information content (AvgIpc) is 2.62. The number of nitrogens with two attached hydrogens (primary N) is 1. The van der Waals surface area contributed by atoms with E-state index in [4.69, 9.17) is 5.73 Å². The van der Waals surface area contributed by atoms with Gasteiger partial charge in [-0.25, -0.2) is 0 Å². The van der Waals surface area contributed by atoms with Gasteiger partial charge in [-0.05, 0) is 44.8 Å². The monoisotopic (exact) mass is 331 g/mol. The van der Waals surface area contributed by atoms with Gasteiger partial charge in [-0.3, -0.25) is 14.5 Å². The first kappa shape index (κ1) is 18.5. The Labute approximate surface area is 144 Å². The molecule has 1 fully saturated rings. The lowest BCUT2D eigenvalue weighted by atomic mass is 9.95. The van der Waals surface area contributed by atoms with Crippen LogP contribution in [0.4, 0.5) is 0 Å². The summed E-state index contributed by atoms with van der Waals surface area (Å²) in [6.45, 7) is 6.23. The van der Waals surface area contributed by atoms with Crippen molar-refractivity contribution in [3.8, 4) is 0 Å². The van der Waals surface area contributed by atoms with Crippen LogP contribution in [-0.2, 0) is 9.59 Å². The zero-order valence-electron chi connectivity index (χ0n) is 14.7. The number of piperidine rings is 1. The van der Waals surface area contributed by atoms with Crippen molar-refractivity contribution < 1.29 is 9.59 Å². The normalized spacial score (nSPS) is 18.8. The molecule has 2 atom stereocenters. The van der Waals surface area contributed by atoms with Crippen LogP contribution in [0.15, 0.2) is 30.3 Å². The Balaban J connectivity index is 1.82. The molecule has 0 aromatic heterocycles. The van der Waals surface area contributed by atoms with Gasteiger partial charge >= 0.3 is 0 Å². The Morgan fingerprint density at radius 1 is 1.25 bits per heavy atom. The molecule has 132 valence electrons. The molecule has 0 aliphatic carbocycles. The number of hydrogen-bond donors (Lipinski definition) is 2. The molecule has 1 heterocycles. The molecule has 1 aromatic carbocycles. The third kappa shape index (κ3) is 4.81. The topological polar surface area (TPSA) is 75.4 Å². The van der Waals surface area contributed by atoms with Crippen LogP contribution < -0.4 is 11.1 Å². The van der Waals surface area contributed by atoms with Crippen LogP contribution in [0.25, 0.3) is 0 Å². The third-order valence-corrected chi connectivity index (χ3v) is 5.15. The largest absolute Gasteiger partial charge is 0.369 e. The van der Waals surface area contributed by atoms with Gasteiger partial charge in [-0.1, -0.05) is 37.3 Å². The first-order valence-corrected chi connectivity index (χ1v) is 8.89. The number of primary amides is 1. The predicted molar refractivity (Wildman–Crippen MR) is 95.4 cm³/mol. The number of nitrogens with zero attached hydrogens (tertiary/aromatic N) is 1. The molecule has 1 aliphatic rings. The van der Waals surface area contributed by atoms with E-state index >= 15 is 0 Å². The standard InChI is InChI=1S/C19H29N3O2/c1-3-15(16-7-5-4-6-8-16)13-21-19(24)14(2)22-11-9-17(10-12-22)18(20)23/h4-8,14-15,17H,3,9-13H2,1-2H3,(H2,20,23)(H,21,24)/t14-,15+/m1/s1. The molecule has 2 amide bonds. The summed E-state index contributed by atoms with van der Waals surface area (Å²) in [5.74, 6) is 0.129. The quantitative estimate of drug-likeness (QED) is 0.801. The molecular formula is C19H29N3O2. The second-order valence-corrected chi connectivity index (χ2v) is 6.65. The Bertz CT molecular complexity index is 539. The van der Waals surface area contributed by atoms with E-state index in [2.05, 4.69) is 29.3 Å². The number of rotatable bonds is 7. The Kier molecular flexibility index (Phi) is 6.79. The van der Waals surface area contributed by atoms with E-state index in [-0.39, 0.29) is 23.8 Å². The minimum absolute atomic E-state index is 0.0425. The summed E-state index contributed by atoms with van der Waals surface area (Å²) in [5, 5.41) is 3.09. The van der Waals surface area contributed by atoms with Crippen LogP contribution in [0.3, 0.4) is 0 Å². The van der Waals surface area contributed by atoms with Crippen molar-refractivity contribution in [3.05, 3.63) is 35.9 Å². The highest BCUT2D eigenvalue weighted by molar-refractivity contribution is 5.81. The Morgan fingerprint density at radius 3 is 2.42 bits per heavy atom. The van der Waals surface area contributed by atoms with Crippen LogP contribution in [0.1, 0.15) is 44.6 Å². The number of carbonyl (C=O) groups excluding carboxylic acids is 2. The molecule has 0 saturated carbocycles. The lowest BCUT2D eigenvalue weighted by Gasteiger charge is -2.34. The summed E-state index contributed by atoms with van der Waals surface area (Å²) >= 11 is 0. The fourth-order valence-electron chi connectivity index (χ4n) is 3.33. The van der Waals surface area contributed by atoms with Crippen molar-refractivity contribution in [2.75, 3.05) is 19.6 Å².